The van der Waals surface area contributed by atoms with Gasteiger partial charge in [-0.25, -0.2) is 4.79 Å². The van der Waals surface area contributed by atoms with Gasteiger partial charge in [0.25, 0.3) is 0 Å². The van der Waals surface area contributed by atoms with Crippen LogP contribution in [0, 0.1) is 10.1 Å². The van der Waals surface area contributed by atoms with E-state index in [1.54, 1.807) is 25.1 Å². The monoisotopic (exact) mass is 385 g/mol. The van der Waals surface area contributed by atoms with Crippen molar-refractivity contribution in [1.29, 1.82) is 0 Å². The molecule has 140 valence electrons. The van der Waals surface area contributed by atoms with E-state index in [0.717, 1.165) is 11.1 Å². The first-order chi connectivity index (χ1) is 13.0. The fraction of sp³-hybridized carbons (Fsp3) is 0.286. The summed E-state index contributed by atoms with van der Waals surface area (Å²) in [6.07, 6.45) is 2.18. The molecule has 0 heterocycles. The molecule has 6 heteroatoms. The van der Waals surface area contributed by atoms with Gasteiger partial charge in [-0.1, -0.05) is 60.1 Å². The van der Waals surface area contributed by atoms with Crippen LogP contribution in [0.2, 0.25) is 5.02 Å². The van der Waals surface area contributed by atoms with Crippen LogP contribution in [0.3, 0.4) is 0 Å². The minimum absolute atomic E-state index is 0.224. The number of halogens is 1. The molecule has 0 aliphatic heterocycles. The van der Waals surface area contributed by atoms with Gasteiger partial charge in [-0.05, 0) is 36.6 Å². The highest BCUT2D eigenvalue weighted by molar-refractivity contribution is 6.30. The van der Waals surface area contributed by atoms with E-state index in [9.17, 15) is 14.9 Å². The topological polar surface area (TPSA) is 69.4 Å². The Bertz CT molecular complexity index is 848. The summed E-state index contributed by atoms with van der Waals surface area (Å²) in [4.78, 5) is 24.3. The summed E-state index contributed by atoms with van der Waals surface area (Å²) in [6, 6.07) is 15.2. The summed E-state index contributed by atoms with van der Waals surface area (Å²) < 4.78 is 5.17. The average molecular weight is 386 g/mol. The van der Waals surface area contributed by atoms with Crippen LogP contribution in [-0.4, -0.2) is 23.5 Å². The Labute approximate surface area is 162 Å². The van der Waals surface area contributed by atoms with E-state index >= 15 is 0 Å². The van der Waals surface area contributed by atoms with Crippen LogP contribution in [-0.2, 0) is 9.53 Å². The number of benzene rings is 2. The summed E-state index contributed by atoms with van der Waals surface area (Å²) >= 11 is 5.97. The second-order valence-corrected chi connectivity index (χ2v) is 6.87. The van der Waals surface area contributed by atoms with Gasteiger partial charge in [0.05, 0.1) is 18.4 Å². The predicted octanol–water partition coefficient (Wildman–Crippen LogP) is 4.75. The molecule has 3 atom stereocenters. The van der Waals surface area contributed by atoms with E-state index in [0.29, 0.717) is 17.0 Å². The molecule has 0 radical (unpaired) electrons. The summed E-state index contributed by atoms with van der Waals surface area (Å²) in [6.45, 7) is 1.95. The van der Waals surface area contributed by atoms with Crippen molar-refractivity contribution in [3.05, 3.63) is 92.5 Å². The molecular weight excluding hydrogens is 366 g/mol. The lowest BCUT2D eigenvalue weighted by atomic mass is 9.71. The number of hydrogen-bond donors (Lipinski definition) is 0. The largest absolute Gasteiger partial charge is 0.463 e. The molecule has 0 spiro atoms. The van der Waals surface area contributed by atoms with E-state index in [1.165, 1.54) is 0 Å². The minimum Gasteiger partial charge on any atom is -0.463 e. The SMILES string of the molecule is CCOC(=O)C1=CC[C@@H](c2ccc(Cl)cc2)[C@@H]([N+](=O)[O-])[C@H]1c1ccccc1. The van der Waals surface area contributed by atoms with Gasteiger partial charge >= 0.3 is 5.97 Å². The smallest absolute Gasteiger partial charge is 0.334 e. The van der Waals surface area contributed by atoms with Crippen LogP contribution in [0.5, 0.6) is 0 Å². The maximum absolute atomic E-state index is 12.5. The fourth-order valence-corrected chi connectivity index (χ4v) is 3.84. The molecule has 3 rings (SSSR count). The number of carbonyl (C=O) groups excluding carboxylic acids is 1. The molecule has 0 aromatic heterocycles. The molecule has 0 N–H and O–H groups in total. The Balaban J connectivity index is 2.10. The predicted molar refractivity (Wildman–Crippen MR) is 103 cm³/mol. The van der Waals surface area contributed by atoms with Crippen molar-refractivity contribution in [2.24, 2.45) is 0 Å². The zero-order valence-corrected chi connectivity index (χ0v) is 15.6. The van der Waals surface area contributed by atoms with Gasteiger partial charge in [0.1, 0.15) is 0 Å². The first-order valence-corrected chi connectivity index (χ1v) is 9.21. The second-order valence-electron chi connectivity index (χ2n) is 6.44. The summed E-state index contributed by atoms with van der Waals surface area (Å²) in [5.41, 5.74) is 1.92. The van der Waals surface area contributed by atoms with Crippen molar-refractivity contribution in [3.8, 4) is 0 Å². The minimum atomic E-state index is -0.974. The Kier molecular flexibility index (Phi) is 5.91. The van der Waals surface area contributed by atoms with E-state index in [-0.39, 0.29) is 17.4 Å². The molecule has 5 nitrogen and oxygen atoms in total. The standard InChI is InChI=1S/C21H20ClNO4/c1-2-27-21(24)18-13-12-17(14-8-10-16(22)11-9-14)20(23(25)26)19(18)15-6-4-3-5-7-15/h3-11,13,17,19-20H,2,12H2,1H3/t17-,19-,20+/m0/s1. The Morgan fingerprint density at radius 1 is 1.15 bits per heavy atom. The van der Waals surface area contributed by atoms with Gasteiger partial charge in [-0.15, -0.1) is 0 Å². The summed E-state index contributed by atoms with van der Waals surface area (Å²) in [5.74, 6) is -1.52. The quantitative estimate of drug-likeness (QED) is 0.423. The molecule has 0 amide bonds. The van der Waals surface area contributed by atoms with Crippen LogP contribution >= 0.6 is 11.6 Å². The molecule has 2 aromatic carbocycles. The van der Waals surface area contributed by atoms with E-state index < -0.39 is 17.9 Å². The van der Waals surface area contributed by atoms with Crippen LogP contribution in [0.1, 0.15) is 36.3 Å². The zero-order chi connectivity index (χ0) is 19.4. The number of nitrogens with zero attached hydrogens (tertiary/aromatic N) is 1. The highest BCUT2D eigenvalue weighted by Crippen LogP contribution is 2.43. The molecule has 2 aromatic rings. The van der Waals surface area contributed by atoms with E-state index in [2.05, 4.69) is 0 Å². The first-order valence-electron chi connectivity index (χ1n) is 8.84. The Morgan fingerprint density at radius 2 is 1.81 bits per heavy atom. The molecule has 0 fully saturated rings. The van der Waals surface area contributed by atoms with E-state index in [1.807, 2.05) is 42.5 Å². The number of rotatable bonds is 5. The van der Waals surface area contributed by atoms with Gasteiger partial charge in [0, 0.05) is 15.5 Å². The van der Waals surface area contributed by atoms with Crippen molar-refractivity contribution in [2.45, 2.75) is 31.2 Å². The normalized spacial score (nSPS) is 22.0. The lowest BCUT2D eigenvalue weighted by Crippen LogP contribution is -2.39. The molecule has 0 saturated carbocycles. The number of esters is 1. The highest BCUT2D eigenvalue weighted by Gasteiger charge is 2.47. The van der Waals surface area contributed by atoms with Crippen LogP contribution in [0.4, 0.5) is 0 Å². The molecule has 0 bridgehead atoms. The third-order valence-electron chi connectivity index (χ3n) is 4.89. The van der Waals surface area contributed by atoms with Gasteiger partial charge in [0.2, 0.25) is 6.04 Å². The average Bonchev–Trinajstić information content (AvgIpc) is 2.68. The zero-order valence-electron chi connectivity index (χ0n) is 14.9. The second kappa shape index (κ2) is 8.35. The molecule has 0 unspecified atom stereocenters. The number of hydrogen-bond acceptors (Lipinski definition) is 4. The van der Waals surface area contributed by atoms with Crippen molar-refractivity contribution in [3.63, 3.8) is 0 Å². The Hall–Kier alpha value is -2.66. The van der Waals surface area contributed by atoms with E-state index in [4.69, 9.17) is 16.3 Å². The third-order valence-corrected chi connectivity index (χ3v) is 5.14. The maximum Gasteiger partial charge on any atom is 0.334 e. The number of nitro groups is 1. The number of carbonyl (C=O) groups is 1. The van der Waals surface area contributed by atoms with Crippen molar-refractivity contribution in [1.82, 2.24) is 0 Å². The van der Waals surface area contributed by atoms with Gasteiger partial charge in [-0.3, -0.25) is 10.1 Å². The Morgan fingerprint density at radius 3 is 2.41 bits per heavy atom. The molecule has 1 aliphatic rings. The van der Waals surface area contributed by atoms with Crippen LogP contribution < -0.4 is 0 Å². The van der Waals surface area contributed by atoms with Gasteiger partial charge in [-0.2, -0.15) is 0 Å². The highest BCUT2D eigenvalue weighted by atomic mass is 35.5. The lowest BCUT2D eigenvalue weighted by Gasteiger charge is -2.32. The van der Waals surface area contributed by atoms with Crippen molar-refractivity contribution in [2.75, 3.05) is 6.61 Å². The first kappa shape index (κ1) is 19.1. The van der Waals surface area contributed by atoms with Crippen LogP contribution in [0.15, 0.2) is 66.2 Å². The molecule has 1 aliphatic carbocycles. The third kappa shape index (κ3) is 4.03. The number of ether oxygens (including phenoxy) is 1. The maximum atomic E-state index is 12.5. The van der Waals surface area contributed by atoms with Crippen molar-refractivity contribution >= 4 is 17.6 Å². The molecule has 0 saturated heterocycles. The summed E-state index contributed by atoms with van der Waals surface area (Å²) in [7, 11) is 0. The van der Waals surface area contributed by atoms with Crippen LogP contribution in [0.25, 0.3) is 0 Å². The fourth-order valence-electron chi connectivity index (χ4n) is 3.71. The summed E-state index contributed by atoms with van der Waals surface area (Å²) in [5, 5.41) is 12.7. The lowest BCUT2D eigenvalue weighted by molar-refractivity contribution is -0.530. The van der Waals surface area contributed by atoms with Crippen molar-refractivity contribution < 1.29 is 14.5 Å². The van der Waals surface area contributed by atoms with Gasteiger partial charge < -0.3 is 4.74 Å². The molecular formula is C21H20ClNO4. The molecule has 27 heavy (non-hydrogen) atoms. The number of allylic oxidation sites excluding steroid dienone is 1. The van der Waals surface area contributed by atoms with Gasteiger partial charge in [0.15, 0.2) is 0 Å².